The lowest BCUT2D eigenvalue weighted by Gasteiger charge is -2.21. The van der Waals surface area contributed by atoms with Gasteiger partial charge >= 0.3 is 0 Å². The van der Waals surface area contributed by atoms with E-state index in [2.05, 4.69) is 15.5 Å². The molecular weight excluding hydrogens is 218 g/mol. The summed E-state index contributed by atoms with van der Waals surface area (Å²) in [6, 6.07) is 0.720. The molecule has 1 aliphatic rings. The molecule has 1 heterocycles. The number of rotatable bonds is 7. The van der Waals surface area contributed by atoms with Gasteiger partial charge in [-0.3, -0.25) is 0 Å². The fourth-order valence-corrected chi connectivity index (χ4v) is 1.64. The number of ether oxygens (including phenoxy) is 1. The zero-order chi connectivity index (χ0) is 12.3. The van der Waals surface area contributed by atoms with Gasteiger partial charge in [-0.1, -0.05) is 12.1 Å². The molecule has 1 N–H and O–H groups in total. The highest BCUT2D eigenvalue weighted by Crippen LogP contribution is 2.25. The lowest BCUT2D eigenvalue weighted by molar-refractivity contribution is -0.0106. The lowest BCUT2D eigenvalue weighted by atomic mass is 10.0. The normalized spacial score (nSPS) is 19.2. The van der Waals surface area contributed by atoms with Gasteiger partial charge in [0.25, 0.3) is 0 Å². The monoisotopic (exact) mass is 239 g/mol. The molecule has 2 rings (SSSR count). The predicted molar refractivity (Wildman–Crippen MR) is 63.7 cm³/mol. The van der Waals surface area contributed by atoms with Crippen LogP contribution in [0.2, 0.25) is 0 Å². The quantitative estimate of drug-likeness (QED) is 0.783. The first-order chi connectivity index (χ1) is 8.18. The molecule has 96 valence electrons. The van der Waals surface area contributed by atoms with Crippen molar-refractivity contribution in [3.63, 3.8) is 0 Å². The van der Waals surface area contributed by atoms with Crippen LogP contribution in [-0.2, 0) is 16.8 Å². The molecule has 0 radical (unpaired) electrons. The molecular formula is C12H21N3O2. The van der Waals surface area contributed by atoms with E-state index in [1.165, 1.54) is 12.8 Å². The zero-order valence-corrected chi connectivity index (χ0v) is 10.8. The van der Waals surface area contributed by atoms with Crippen molar-refractivity contribution < 1.29 is 9.26 Å². The van der Waals surface area contributed by atoms with Crippen LogP contribution in [0.3, 0.4) is 0 Å². The lowest BCUT2D eigenvalue weighted by Crippen LogP contribution is -2.25. The van der Waals surface area contributed by atoms with E-state index in [0.717, 1.165) is 25.4 Å². The average Bonchev–Trinajstić information content (AvgIpc) is 3.05. The van der Waals surface area contributed by atoms with Crippen LogP contribution in [0.5, 0.6) is 0 Å². The smallest absolute Gasteiger partial charge is 0.228 e. The Morgan fingerprint density at radius 1 is 1.53 bits per heavy atom. The molecule has 0 aliphatic heterocycles. The molecule has 0 amide bonds. The minimum Gasteiger partial charge on any atom is -0.370 e. The van der Waals surface area contributed by atoms with E-state index < -0.39 is 5.60 Å². The van der Waals surface area contributed by atoms with Gasteiger partial charge in [0.15, 0.2) is 0 Å². The first kappa shape index (κ1) is 12.5. The fourth-order valence-electron chi connectivity index (χ4n) is 1.64. The summed E-state index contributed by atoms with van der Waals surface area (Å²) in [6.07, 6.45) is 4.20. The summed E-state index contributed by atoms with van der Waals surface area (Å²) >= 11 is 0. The van der Waals surface area contributed by atoms with Gasteiger partial charge in [0.1, 0.15) is 5.60 Å². The SMILES string of the molecule is CCC(C)(OC)c1noc(CCNC2CC2)n1. The Morgan fingerprint density at radius 3 is 2.88 bits per heavy atom. The van der Waals surface area contributed by atoms with Crippen LogP contribution in [0.25, 0.3) is 0 Å². The van der Waals surface area contributed by atoms with Crippen LogP contribution in [0.1, 0.15) is 44.8 Å². The number of hydrogen-bond donors (Lipinski definition) is 1. The van der Waals surface area contributed by atoms with Crippen LogP contribution >= 0.6 is 0 Å². The van der Waals surface area contributed by atoms with Crippen molar-refractivity contribution in [3.05, 3.63) is 11.7 Å². The Kier molecular flexibility index (Phi) is 3.79. The molecule has 5 heteroatoms. The summed E-state index contributed by atoms with van der Waals surface area (Å²) in [5.74, 6) is 1.33. The van der Waals surface area contributed by atoms with Crippen LogP contribution in [0, 0.1) is 0 Å². The molecule has 5 nitrogen and oxygen atoms in total. The standard InChI is InChI=1S/C12H21N3O2/c1-4-12(2,16-3)11-14-10(17-15-11)7-8-13-9-5-6-9/h9,13H,4-8H2,1-3H3. The summed E-state index contributed by atoms with van der Waals surface area (Å²) in [6.45, 7) is 4.93. The Morgan fingerprint density at radius 2 is 2.29 bits per heavy atom. The zero-order valence-electron chi connectivity index (χ0n) is 10.8. The van der Waals surface area contributed by atoms with Crippen molar-refractivity contribution in [1.29, 1.82) is 0 Å². The highest BCUT2D eigenvalue weighted by molar-refractivity contribution is 4.99. The van der Waals surface area contributed by atoms with Gasteiger partial charge in [0.2, 0.25) is 11.7 Å². The highest BCUT2D eigenvalue weighted by Gasteiger charge is 2.30. The van der Waals surface area contributed by atoms with E-state index in [-0.39, 0.29) is 0 Å². The van der Waals surface area contributed by atoms with Crippen molar-refractivity contribution in [1.82, 2.24) is 15.5 Å². The third kappa shape index (κ3) is 3.04. The second kappa shape index (κ2) is 5.14. The maximum absolute atomic E-state index is 5.44. The average molecular weight is 239 g/mol. The molecule has 1 unspecified atom stereocenters. The van der Waals surface area contributed by atoms with Gasteiger partial charge in [-0.05, 0) is 26.2 Å². The first-order valence-electron chi connectivity index (χ1n) is 6.29. The maximum Gasteiger partial charge on any atom is 0.228 e. The van der Waals surface area contributed by atoms with Gasteiger partial charge in [-0.2, -0.15) is 4.98 Å². The van der Waals surface area contributed by atoms with Gasteiger partial charge < -0.3 is 14.6 Å². The third-order valence-corrected chi connectivity index (χ3v) is 3.42. The molecule has 17 heavy (non-hydrogen) atoms. The van der Waals surface area contributed by atoms with Crippen LogP contribution in [0.4, 0.5) is 0 Å². The fraction of sp³-hybridized carbons (Fsp3) is 0.833. The van der Waals surface area contributed by atoms with Gasteiger partial charge in [0.05, 0.1) is 0 Å². The van der Waals surface area contributed by atoms with Crippen LogP contribution < -0.4 is 5.32 Å². The van der Waals surface area contributed by atoms with Crippen molar-refractivity contribution >= 4 is 0 Å². The van der Waals surface area contributed by atoms with E-state index in [1.807, 2.05) is 13.8 Å². The number of nitrogens with one attached hydrogen (secondary N) is 1. The largest absolute Gasteiger partial charge is 0.370 e. The summed E-state index contributed by atoms with van der Waals surface area (Å²) in [7, 11) is 1.67. The van der Waals surface area contributed by atoms with Crippen molar-refractivity contribution in [2.24, 2.45) is 0 Å². The topological polar surface area (TPSA) is 60.2 Å². The van der Waals surface area contributed by atoms with E-state index in [1.54, 1.807) is 7.11 Å². The highest BCUT2D eigenvalue weighted by atomic mass is 16.5. The molecule has 1 atom stereocenters. The van der Waals surface area contributed by atoms with E-state index in [0.29, 0.717) is 11.7 Å². The van der Waals surface area contributed by atoms with Gasteiger partial charge in [-0.15, -0.1) is 0 Å². The Hall–Kier alpha value is -0.940. The second-order valence-electron chi connectivity index (χ2n) is 4.78. The maximum atomic E-state index is 5.44. The van der Waals surface area contributed by atoms with Crippen molar-refractivity contribution in [2.45, 2.75) is 51.2 Å². The van der Waals surface area contributed by atoms with E-state index >= 15 is 0 Å². The molecule has 0 saturated heterocycles. The summed E-state index contributed by atoms with van der Waals surface area (Å²) in [5.41, 5.74) is -0.439. The minimum atomic E-state index is -0.439. The molecule has 0 spiro atoms. The van der Waals surface area contributed by atoms with Crippen LogP contribution in [0.15, 0.2) is 4.52 Å². The first-order valence-corrected chi connectivity index (χ1v) is 6.29. The van der Waals surface area contributed by atoms with E-state index in [4.69, 9.17) is 9.26 Å². The molecule has 0 bridgehead atoms. The predicted octanol–water partition coefficient (Wildman–Crippen LogP) is 1.64. The third-order valence-electron chi connectivity index (χ3n) is 3.42. The summed E-state index contributed by atoms with van der Waals surface area (Å²) < 4.78 is 10.7. The molecule has 0 aromatic carbocycles. The van der Waals surface area contributed by atoms with Crippen molar-refractivity contribution in [2.75, 3.05) is 13.7 Å². The number of methoxy groups -OCH3 is 1. The number of hydrogen-bond acceptors (Lipinski definition) is 5. The summed E-state index contributed by atoms with van der Waals surface area (Å²) in [4.78, 5) is 4.40. The number of aromatic nitrogens is 2. The van der Waals surface area contributed by atoms with E-state index in [9.17, 15) is 0 Å². The Bertz CT molecular complexity index is 356. The molecule has 1 aromatic heterocycles. The van der Waals surface area contributed by atoms with Crippen LogP contribution in [-0.4, -0.2) is 29.8 Å². The molecule has 1 fully saturated rings. The molecule has 1 aromatic rings. The molecule has 1 saturated carbocycles. The van der Waals surface area contributed by atoms with Gasteiger partial charge in [0, 0.05) is 26.1 Å². The summed E-state index contributed by atoms with van der Waals surface area (Å²) in [5, 5.41) is 7.43. The minimum absolute atomic E-state index is 0.439. The second-order valence-corrected chi connectivity index (χ2v) is 4.78. The van der Waals surface area contributed by atoms with Crippen molar-refractivity contribution in [3.8, 4) is 0 Å². The Labute approximate surface area is 102 Å². The Balaban J connectivity index is 1.89. The molecule has 1 aliphatic carbocycles. The van der Waals surface area contributed by atoms with Gasteiger partial charge in [-0.25, -0.2) is 0 Å². The number of nitrogens with zero attached hydrogens (tertiary/aromatic N) is 2.